The number of ether oxygens (including phenoxy) is 2. The predicted molar refractivity (Wildman–Crippen MR) is 59.5 cm³/mol. The van der Waals surface area contributed by atoms with Crippen LogP contribution in [0.15, 0.2) is 30.3 Å². The Labute approximate surface area is 95.4 Å². The maximum absolute atomic E-state index is 11.4. The van der Waals surface area contributed by atoms with Crippen molar-refractivity contribution < 1.29 is 14.3 Å². The van der Waals surface area contributed by atoms with Gasteiger partial charge in [-0.3, -0.25) is 4.79 Å². The maximum atomic E-state index is 11.4. The molecule has 0 unspecified atom stereocenters. The molecule has 1 saturated carbocycles. The summed E-state index contributed by atoms with van der Waals surface area (Å²) in [5, 5.41) is 0. The molecule has 0 heterocycles. The first-order valence-corrected chi connectivity index (χ1v) is 5.50. The van der Waals surface area contributed by atoms with Crippen LogP contribution in [0.3, 0.4) is 0 Å². The third kappa shape index (κ3) is 2.83. The van der Waals surface area contributed by atoms with Crippen LogP contribution in [0.4, 0.5) is 0 Å². The molecule has 0 N–H and O–H groups in total. The van der Waals surface area contributed by atoms with Crippen molar-refractivity contribution in [3.63, 3.8) is 0 Å². The Balaban J connectivity index is 1.64. The van der Waals surface area contributed by atoms with Crippen molar-refractivity contribution in [2.75, 3.05) is 6.79 Å². The highest BCUT2D eigenvalue weighted by molar-refractivity contribution is 5.79. The zero-order valence-corrected chi connectivity index (χ0v) is 9.44. The van der Waals surface area contributed by atoms with Crippen molar-refractivity contribution in [1.29, 1.82) is 0 Å². The molecule has 3 heteroatoms. The molecule has 0 saturated heterocycles. The Hall–Kier alpha value is -1.35. The molecular formula is C13H16O3. The van der Waals surface area contributed by atoms with Gasteiger partial charge in [-0.15, -0.1) is 0 Å². The number of esters is 1. The van der Waals surface area contributed by atoms with Crippen LogP contribution >= 0.6 is 0 Å². The van der Waals surface area contributed by atoms with Gasteiger partial charge in [0.15, 0.2) is 6.79 Å². The highest BCUT2D eigenvalue weighted by Crippen LogP contribution is 2.45. The smallest absolute Gasteiger partial charge is 0.313 e. The van der Waals surface area contributed by atoms with Crippen molar-refractivity contribution in [3.05, 3.63) is 35.9 Å². The molecule has 1 fully saturated rings. The summed E-state index contributed by atoms with van der Waals surface area (Å²) in [5.74, 6) is -0.138. The van der Waals surface area contributed by atoms with Gasteiger partial charge in [0.05, 0.1) is 12.0 Å². The lowest BCUT2D eigenvalue weighted by atomic mass is 10.1. The second kappa shape index (κ2) is 4.66. The zero-order valence-electron chi connectivity index (χ0n) is 9.44. The second-order valence-electron chi connectivity index (χ2n) is 4.44. The van der Waals surface area contributed by atoms with E-state index in [1.165, 1.54) is 0 Å². The average Bonchev–Trinajstić information content (AvgIpc) is 3.05. The van der Waals surface area contributed by atoms with Gasteiger partial charge in [-0.2, -0.15) is 0 Å². The number of benzene rings is 1. The first-order chi connectivity index (χ1) is 7.71. The van der Waals surface area contributed by atoms with Gasteiger partial charge in [-0.05, 0) is 25.3 Å². The van der Waals surface area contributed by atoms with Gasteiger partial charge in [0.1, 0.15) is 0 Å². The van der Waals surface area contributed by atoms with Crippen LogP contribution in [-0.4, -0.2) is 12.8 Å². The second-order valence-corrected chi connectivity index (χ2v) is 4.44. The molecule has 16 heavy (non-hydrogen) atoms. The predicted octanol–water partition coefficient (Wildman–Crippen LogP) is 2.50. The molecule has 0 amide bonds. The molecule has 0 bridgehead atoms. The van der Waals surface area contributed by atoms with E-state index in [-0.39, 0.29) is 18.2 Å². The van der Waals surface area contributed by atoms with E-state index in [4.69, 9.17) is 9.47 Å². The van der Waals surface area contributed by atoms with Gasteiger partial charge < -0.3 is 9.47 Å². The van der Waals surface area contributed by atoms with Gasteiger partial charge in [-0.25, -0.2) is 0 Å². The van der Waals surface area contributed by atoms with E-state index in [0.717, 1.165) is 18.4 Å². The summed E-state index contributed by atoms with van der Waals surface area (Å²) in [5.41, 5.74) is 0.854. The molecule has 1 aromatic rings. The molecule has 1 aliphatic carbocycles. The van der Waals surface area contributed by atoms with Gasteiger partial charge in [0.2, 0.25) is 0 Å². The lowest BCUT2D eigenvalue weighted by Gasteiger charge is -2.09. The number of carbonyl (C=O) groups excluding carboxylic acids is 1. The van der Waals surface area contributed by atoms with Crippen molar-refractivity contribution >= 4 is 5.97 Å². The van der Waals surface area contributed by atoms with E-state index in [1.54, 1.807) is 0 Å². The van der Waals surface area contributed by atoms with Gasteiger partial charge >= 0.3 is 5.97 Å². The maximum Gasteiger partial charge on any atom is 0.313 e. The third-order valence-electron chi connectivity index (χ3n) is 2.88. The third-order valence-corrected chi connectivity index (χ3v) is 2.88. The Bertz CT molecular complexity index is 355. The molecule has 2 rings (SSSR count). The van der Waals surface area contributed by atoms with Crippen LogP contribution in [0.1, 0.15) is 25.3 Å². The van der Waals surface area contributed by atoms with E-state index in [2.05, 4.69) is 0 Å². The summed E-state index contributed by atoms with van der Waals surface area (Å²) in [7, 11) is 0. The molecule has 0 spiro atoms. The number of hydrogen-bond donors (Lipinski definition) is 0. The number of hydrogen-bond acceptors (Lipinski definition) is 3. The first kappa shape index (κ1) is 11.1. The fourth-order valence-corrected chi connectivity index (χ4v) is 1.39. The van der Waals surface area contributed by atoms with E-state index >= 15 is 0 Å². The molecule has 1 aromatic carbocycles. The Kier molecular flexibility index (Phi) is 3.25. The number of rotatable bonds is 5. The van der Waals surface area contributed by atoms with E-state index in [0.29, 0.717) is 6.61 Å². The van der Waals surface area contributed by atoms with E-state index < -0.39 is 0 Å². The van der Waals surface area contributed by atoms with Crippen LogP contribution in [0.2, 0.25) is 0 Å². The van der Waals surface area contributed by atoms with Crippen molar-refractivity contribution in [2.45, 2.75) is 26.4 Å². The van der Waals surface area contributed by atoms with E-state index in [9.17, 15) is 4.79 Å². The monoisotopic (exact) mass is 220 g/mol. The normalized spacial score (nSPS) is 16.8. The Morgan fingerprint density at radius 2 is 2.00 bits per heavy atom. The first-order valence-electron chi connectivity index (χ1n) is 5.50. The lowest BCUT2D eigenvalue weighted by molar-refractivity contribution is -0.163. The standard InChI is InChI=1S/C13H16O3/c1-13(7-8-13)12(14)16-10-15-9-11-5-3-2-4-6-11/h2-6H,7-10H2,1H3. The summed E-state index contributed by atoms with van der Waals surface area (Å²) in [6.45, 7) is 2.45. The minimum Gasteiger partial charge on any atom is -0.438 e. The van der Waals surface area contributed by atoms with Gasteiger partial charge in [0.25, 0.3) is 0 Å². The quantitative estimate of drug-likeness (QED) is 0.434. The van der Waals surface area contributed by atoms with Gasteiger partial charge in [0, 0.05) is 0 Å². The Morgan fingerprint density at radius 1 is 1.31 bits per heavy atom. The molecule has 0 aliphatic heterocycles. The molecular weight excluding hydrogens is 204 g/mol. The molecule has 0 atom stereocenters. The number of carbonyl (C=O) groups is 1. The molecule has 3 nitrogen and oxygen atoms in total. The molecule has 0 radical (unpaired) electrons. The van der Waals surface area contributed by atoms with Crippen LogP contribution < -0.4 is 0 Å². The minimum atomic E-state index is -0.226. The van der Waals surface area contributed by atoms with Gasteiger partial charge in [-0.1, -0.05) is 30.3 Å². The summed E-state index contributed by atoms with van der Waals surface area (Å²) in [4.78, 5) is 11.4. The average molecular weight is 220 g/mol. The SMILES string of the molecule is CC1(C(=O)OCOCc2ccccc2)CC1. The van der Waals surface area contributed by atoms with Crippen LogP contribution in [0.25, 0.3) is 0 Å². The summed E-state index contributed by atoms with van der Waals surface area (Å²) >= 11 is 0. The van der Waals surface area contributed by atoms with Crippen molar-refractivity contribution in [1.82, 2.24) is 0 Å². The highest BCUT2D eigenvalue weighted by Gasteiger charge is 2.46. The largest absolute Gasteiger partial charge is 0.438 e. The topological polar surface area (TPSA) is 35.5 Å². The molecule has 86 valence electrons. The fraction of sp³-hybridized carbons (Fsp3) is 0.462. The van der Waals surface area contributed by atoms with Crippen LogP contribution in [0, 0.1) is 5.41 Å². The summed E-state index contributed by atoms with van der Waals surface area (Å²) in [6.07, 6.45) is 1.87. The van der Waals surface area contributed by atoms with Crippen molar-refractivity contribution in [2.24, 2.45) is 5.41 Å². The lowest BCUT2D eigenvalue weighted by Crippen LogP contribution is -2.17. The molecule has 0 aromatic heterocycles. The van der Waals surface area contributed by atoms with Crippen molar-refractivity contribution in [3.8, 4) is 0 Å². The van der Waals surface area contributed by atoms with Crippen LogP contribution in [-0.2, 0) is 20.9 Å². The fourth-order valence-electron chi connectivity index (χ4n) is 1.39. The highest BCUT2D eigenvalue weighted by atomic mass is 16.7. The van der Waals surface area contributed by atoms with Crippen LogP contribution in [0.5, 0.6) is 0 Å². The Morgan fingerprint density at radius 3 is 2.62 bits per heavy atom. The molecule has 1 aliphatic rings. The zero-order chi connectivity index (χ0) is 11.4. The van der Waals surface area contributed by atoms with E-state index in [1.807, 2.05) is 37.3 Å². The minimum absolute atomic E-state index is 0.0450. The summed E-state index contributed by atoms with van der Waals surface area (Å²) < 4.78 is 10.3. The summed E-state index contributed by atoms with van der Waals surface area (Å²) in [6, 6.07) is 9.82.